The van der Waals surface area contributed by atoms with Crippen LogP contribution >= 0.6 is 0 Å². The van der Waals surface area contributed by atoms with E-state index in [-0.39, 0.29) is 42.6 Å². The number of benzene rings is 1. The van der Waals surface area contributed by atoms with Gasteiger partial charge in [0.15, 0.2) is 6.10 Å². The minimum absolute atomic E-state index is 0.0675. The Bertz CT molecular complexity index is 1930. The summed E-state index contributed by atoms with van der Waals surface area (Å²) >= 11 is 0. The van der Waals surface area contributed by atoms with Gasteiger partial charge in [0.05, 0.1) is 12.0 Å². The zero-order valence-electron chi connectivity index (χ0n) is 40.2. The number of nitrogens with zero attached hydrogens (tertiary/aromatic N) is 2. The molecule has 14 nitrogen and oxygen atoms in total. The number of allylic oxidation sites excluding steroid dienone is 3. The minimum Gasteiger partial charge on any atom is -0.463 e. The van der Waals surface area contributed by atoms with E-state index in [1.165, 1.54) is 27.7 Å². The molecule has 0 radical (unpaired) electrons. The zero-order valence-corrected chi connectivity index (χ0v) is 40.2. The Labute approximate surface area is 374 Å². The normalized spacial score (nSPS) is 24.4. The summed E-state index contributed by atoms with van der Waals surface area (Å²) in [6.45, 7) is 25.8. The number of carbonyl (C=O) groups is 6. The van der Waals surface area contributed by atoms with Gasteiger partial charge < -0.3 is 38.8 Å². The topological polar surface area (TPSA) is 167 Å². The number of piperazine rings is 1. The van der Waals surface area contributed by atoms with Gasteiger partial charge in [-0.25, -0.2) is 0 Å². The summed E-state index contributed by atoms with van der Waals surface area (Å²) in [5.41, 5.74) is 3.53. The maximum atomic E-state index is 13.9. The summed E-state index contributed by atoms with van der Waals surface area (Å²) in [7, 11) is 2.04. The van der Waals surface area contributed by atoms with Gasteiger partial charge in [0.2, 0.25) is 11.8 Å². The average molecular weight is 880 g/mol. The summed E-state index contributed by atoms with van der Waals surface area (Å²) in [6, 6.07) is 6.40. The number of aryl methyl sites for hydroxylation is 1. The van der Waals surface area contributed by atoms with Crippen molar-refractivity contribution in [1.29, 1.82) is 0 Å². The first kappa shape index (κ1) is 51.1. The molecule has 2 aliphatic heterocycles. The second-order valence-electron chi connectivity index (χ2n) is 19.2. The fourth-order valence-electron chi connectivity index (χ4n) is 8.97. The van der Waals surface area contributed by atoms with Crippen LogP contribution in [0, 0.1) is 36.0 Å². The zero-order chi connectivity index (χ0) is 47.1. The molecule has 350 valence electrons. The number of hydrogen-bond donors (Lipinski definition) is 1. The number of amides is 2. The van der Waals surface area contributed by atoms with Gasteiger partial charge in [0.1, 0.15) is 30.1 Å². The monoisotopic (exact) mass is 880 g/mol. The van der Waals surface area contributed by atoms with Gasteiger partial charge in [-0.1, -0.05) is 65.3 Å². The largest absolute Gasteiger partial charge is 0.463 e. The molecule has 1 aromatic carbocycles. The Kier molecular flexibility index (Phi) is 17.4. The molecule has 3 aliphatic rings. The van der Waals surface area contributed by atoms with Crippen molar-refractivity contribution in [3.8, 4) is 0 Å². The minimum atomic E-state index is -1.06. The molecule has 0 bridgehead atoms. The summed E-state index contributed by atoms with van der Waals surface area (Å²) in [4.78, 5) is 81.0. The van der Waals surface area contributed by atoms with Crippen molar-refractivity contribution in [1.82, 2.24) is 15.1 Å². The van der Waals surface area contributed by atoms with Crippen molar-refractivity contribution >= 4 is 35.7 Å². The SMILES string of the molecule is CCC(C)C1=C(Cc2ccc(CC(C)C(C)(C)C(=O)NC(C)(C)C(=O)N3CCN(C)CC3)cc2C)C(C)C([C@@H]2O[C@H](COC(C)=O)C[C@H](OC(C)=O)[C@H]2OC(C)=O)C(OC(C)=O)=C1. The van der Waals surface area contributed by atoms with E-state index in [4.69, 9.17) is 23.7 Å². The maximum absolute atomic E-state index is 13.9. The van der Waals surface area contributed by atoms with E-state index in [0.717, 1.165) is 47.3 Å². The Balaban J connectivity index is 1.65. The molecule has 1 N–H and O–H groups in total. The highest BCUT2D eigenvalue weighted by Crippen LogP contribution is 2.46. The van der Waals surface area contributed by atoms with E-state index in [9.17, 15) is 28.8 Å². The first-order chi connectivity index (χ1) is 29.4. The van der Waals surface area contributed by atoms with Crippen LogP contribution in [-0.2, 0) is 65.3 Å². The average Bonchev–Trinajstić information content (AvgIpc) is 3.18. The summed E-state index contributed by atoms with van der Waals surface area (Å²) in [5, 5.41) is 3.08. The molecular formula is C49H73N3O11. The van der Waals surface area contributed by atoms with Crippen LogP contribution in [0.4, 0.5) is 0 Å². The van der Waals surface area contributed by atoms with Gasteiger partial charge in [-0.2, -0.15) is 0 Å². The van der Waals surface area contributed by atoms with Gasteiger partial charge >= 0.3 is 23.9 Å². The summed E-state index contributed by atoms with van der Waals surface area (Å²) in [5.74, 6) is -3.08. The number of ether oxygens (including phenoxy) is 5. The third-order valence-electron chi connectivity index (χ3n) is 13.4. The van der Waals surface area contributed by atoms with Crippen LogP contribution < -0.4 is 5.32 Å². The first-order valence-electron chi connectivity index (χ1n) is 22.5. The fraction of sp³-hybridized carbons (Fsp3) is 0.673. The quantitative estimate of drug-likeness (QED) is 0.151. The predicted molar refractivity (Wildman–Crippen MR) is 238 cm³/mol. The highest BCUT2D eigenvalue weighted by molar-refractivity contribution is 5.92. The number of carbonyl (C=O) groups excluding carboxylic acids is 6. The van der Waals surface area contributed by atoms with Crippen molar-refractivity contribution in [2.75, 3.05) is 39.8 Å². The molecule has 2 amide bonds. The van der Waals surface area contributed by atoms with E-state index in [0.29, 0.717) is 31.7 Å². The maximum Gasteiger partial charge on any atom is 0.307 e. The van der Waals surface area contributed by atoms with E-state index in [1.807, 2.05) is 38.8 Å². The molecule has 2 heterocycles. The highest BCUT2D eigenvalue weighted by atomic mass is 16.6. The summed E-state index contributed by atoms with van der Waals surface area (Å²) in [6.07, 6.45) is 0.375. The van der Waals surface area contributed by atoms with E-state index in [1.54, 1.807) is 13.8 Å². The second kappa shape index (κ2) is 21.4. The van der Waals surface area contributed by atoms with Gasteiger partial charge in [-0.05, 0) is 93.2 Å². The van der Waals surface area contributed by atoms with E-state index in [2.05, 4.69) is 56.1 Å². The van der Waals surface area contributed by atoms with Crippen molar-refractivity contribution < 1.29 is 52.5 Å². The molecular weight excluding hydrogens is 807 g/mol. The molecule has 0 spiro atoms. The molecule has 0 saturated carbocycles. The smallest absolute Gasteiger partial charge is 0.307 e. The Hall–Kier alpha value is -4.56. The molecule has 4 unspecified atom stereocenters. The van der Waals surface area contributed by atoms with Crippen molar-refractivity contribution in [3.63, 3.8) is 0 Å². The van der Waals surface area contributed by atoms with Crippen LogP contribution in [0.25, 0.3) is 0 Å². The molecule has 4 rings (SSSR count). The molecule has 1 aromatic rings. The third kappa shape index (κ3) is 13.0. The fourth-order valence-corrected chi connectivity index (χ4v) is 8.97. The molecule has 2 fully saturated rings. The lowest BCUT2D eigenvalue weighted by molar-refractivity contribution is -0.223. The van der Waals surface area contributed by atoms with Crippen LogP contribution in [0.3, 0.4) is 0 Å². The predicted octanol–water partition coefficient (Wildman–Crippen LogP) is 6.05. The molecule has 2 saturated heterocycles. The molecule has 63 heavy (non-hydrogen) atoms. The van der Waals surface area contributed by atoms with E-state index >= 15 is 0 Å². The van der Waals surface area contributed by atoms with Gasteiger partial charge in [0, 0.05) is 65.7 Å². The highest BCUT2D eigenvalue weighted by Gasteiger charge is 2.51. The van der Waals surface area contributed by atoms with Crippen LogP contribution in [0.1, 0.15) is 113 Å². The van der Waals surface area contributed by atoms with E-state index < -0.39 is 65.2 Å². The van der Waals surface area contributed by atoms with Crippen LogP contribution in [-0.4, -0.2) is 115 Å². The number of esters is 4. The lowest BCUT2D eigenvalue weighted by atomic mass is 9.69. The second-order valence-corrected chi connectivity index (χ2v) is 19.2. The van der Waals surface area contributed by atoms with Crippen LogP contribution in [0.15, 0.2) is 41.2 Å². The molecule has 1 aliphatic carbocycles. The third-order valence-corrected chi connectivity index (χ3v) is 13.4. The molecule has 14 heteroatoms. The first-order valence-corrected chi connectivity index (χ1v) is 22.5. The van der Waals surface area contributed by atoms with Gasteiger partial charge in [-0.3, -0.25) is 28.8 Å². The number of nitrogens with one attached hydrogen (secondary N) is 1. The number of hydrogen-bond acceptors (Lipinski definition) is 12. The summed E-state index contributed by atoms with van der Waals surface area (Å²) < 4.78 is 29.6. The van der Waals surface area contributed by atoms with Crippen LogP contribution in [0.5, 0.6) is 0 Å². The number of rotatable bonds is 16. The Morgan fingerprint density at radius 2 is 1.54 bits per heavy atom. The van der Waals surface area contributed by atoms with Crippen molar-refractivity contribution in [2.45, 2.75) is 146 Å². The molecule has 8 atom stereocenters. The van der Waals surface area contributed by atoms with Crippen molar-refractivity contribution in [2.24, 2.45) is 29.1 Å². The van der Waals surface area contributed by atoms with Gasteiger partial charge in [-0.15, -0.1) is 0 Å². The standard InChI is InChI=1S/C49H73N3O11/c1-15-28(2)39-26-41(60-33(7)54)43(45-44(62-35(9)56)42(61-34(8)55)25-38(63-45)27-59-32(6)53)31(5)40(39)24-37-17-16-36(22-29(37)3)23-30(4)48(10,11)46(57)50-49(12,13)47(58)52-20-18-51(14)19-21-52/h16-17,22,26,28,30-31,38,42-45H,15,18-21,23-25,27H2,1-14H3,(H,50,57)/t28?,30?,31?,38-,42-,43?,44+,45-/m0/s1. The van der Waals surface area contributed by atoms with Crippen LogP contribution in [0.2, 0.25) is 0 Å². The molecule has 0 aromatic heterocycles. The Morgan fingerprint density at radius 1 is 0.905 bits per heavy atom. The van der Waals surface area contributed by atoms with Crippen molar-refractivity contribution in [3.05, 3.63) is 57.9 Å². The lowest BCUT2D eigenvalue weighted by Gasteiger charge is -2.46. The van der Waals surface area contributed by atoms with Gasteiger partial charge in [0.25, 0.3) is 0 Å². The number of likely N-dealkylation sites (N-methyl/N-ethyl adjacent to an activating group) is 1. The lowest BCUT2D eigenvalue weighted by Crippen LogP contribution is -2.61. The Morgan fingerprint density at radius 3 is 2.10 bits per heavy atom.